The Labute approximate surface area is 126 Å². The van der Waals surface area contributed by atoms with Crippen LogP contribution < -0.4 is 5.32 Å². The van der Waals surface area contributed by atoms with Crippen molar-refractivity contribution in [2.24, 2.45) is 0 Å². The van der Waals surface area contributed by atoms with Crippen molar-refractivity contribution in [2.75, 3.05) is 18.4 Å². The number of amides is 1. The van der Waals surface area contributed by atoms with Gasteiger partial charge in [0.2, 0.25) is 5.91 Å². The number of halogens is 1. The van der Waals surface area contributed by atoms with Crippen molar-refractivity contribution in [3.63, 3.8) is 0 Å². The topological polar surface area (TPSA) is 75.9 Å². The highest BCUT2D eigenvalue weighted by atomic mass is 35.5. The van der Waals surface area contributed by atoms with Crippen LogP contribution in [-0.4, -0.2) is 43.6 Å². The largest absolute Gasteiger partial charge is 0.313 e. The highest BCUT2D eigenvalue weighted by Gasteiger charge is 2.21. The molecule has 0 radical (unpaired) electrons. The number of aryl methyl sites for hydroxylation is 1. The van der Waals surface area contributed by atoms with E-state index in [0.29, 0.717) is 23.9 Å². The van der Waals surface area contributed by atoms with Crippen molar-refractivity contribution in [3.05, 3.63) is 35.0 Å². The van der Waals surface area contributed by atoms with Crippen molar-refractivity contribution in [1.82, 2.24) is 24.6 Å². The van der Waals surface area contributed by atoms with E-state index in [9.17, 15) is 4.79 Å². The Morgan fingerprint density at radius 1 is 1.38 bits per heavy atom. The van der Waals surface area contributed by atoms with Gasteiger partial charge in [-0.3, -0.25) is 9.69 Å². The first kappa shape index (κ1) is 14.0. The maximum Gasteiger partial charge on any atom is 0.239 e. The standard InChI is InChI=1S/C13H15ClN6O/c1-9-17-18-12-7-19(4-5-20(9)12)8-13(21)16-11-3-2-10(14)6-15-11/h2-3,6H,4-5,7-8H2,1H3,(H,15,16,21). The molecule has 0 aromatic carbocycles. The molecule has 8 heteroatoms. The lowest BCUT2D eigenvalue weighted by Crippen LogP contribution is -2.39. The molecule has 0 saturated heterocycles. The maximum atomic E-state index is 12.0. The molecule has 3 rings (SSSR count). The fraction of sp³-hybridized carbons (Fsp3) is 0.385. The van der Waals surface area contributed by atoms with Gasteiger partial charge in [0.05, 0.1) is 18.1 Å². The van der Waals surface area contributed by atoms with E-state index >= 15 is 0 Å². The van der Waals surface area contributed by atoms with Gasteiger partial charge >= 0.3 is 0 Å². The van der Waals surface area contributed by atoms with Crippen LogP contribution in [0.1, 0.15) is 11.6 Å². The number of rotatable bonds is 3. The van der Waals surface area contributed by atoms with Crippen LogP contribution in [0.4, 0.5) is 5.82 Å². The van der Waals surface area contributed by atoms with E-state index in [4.69, 9.17) is 11.6 Å². The molecule has 1 aliphatic rings. The number of fused-ring (bicyclic) bond motifs is 1. The molecule has 0 saturated carbocycles. The molecule has 110 valence electrons. The summed E-state index contributed by atoms with van der Waals surface area (Å²) < 4.78 is 2.08. The normalized spacial score (nSPS) is 14.8. The van der Waals surface area contributed by atoms with Gasteiger partial charge in [0.25, 0.3) is 0 Å². The summed E-state index contributed by atoms with van der Waals surface area (Å²) in [5.74, 6) is 2.21. The lowest BCUT2D eigenvalue weighted by Gasteiger charge is -2.26. The van der Waals surface area contributed by atoms with E-state index in [1.165, 1.54) is 6.20 Å². The number of anilines is 1. The average Bonchev–Trinajstić information content (AvgIpc) is 2.82. The second-order valence-corrected chi connectivity index (χ2v) is 5.37. The minimum atomic E-state index is -0.102. The summed E-state index contributed by atoms with van der Waals surface area (Å²) in [5, 5.41) is 11.5. The maximum absolute atomic E-state index is 12.0. The molecule has 0 unspecified atom stereocenters. The SMILES string of the molecule is Cc1nnc2n1CCN(CC(=O)Nc1ccc(Cl)cn1)C2. The summed E-state index contributed by atoms with van der Waals surface area (Å²) in [5.41, 5.74) is 0. The molecule has 0 fully saturated rings. The summed E-state index contributed by atoms with van der Waals surface area (Å²) in [6.07, 6.45) is 1.50. The van der Waals surface area contributed by atoms with E-state index in [2.05, 4.69) is 25.1 Å². The number of pyridine rings is 1. The number of carbonyl (C=O) groups excluding carboxylic acids is 1. The molecule has 21 heavy (non-hydrogen) atoms. The fourth-order valence-corrected chi connectivity index (χ4v) is 2.44. The zero-order valence-corrected chi connectivity index (χ0v) is 12.3. The van der Waals surface area contributed by atoms with Gasteiger partial charge in [0.15, 0.2) is 0 Å². The van der Waals surface area contributed by atoms with E-state index in [-0.39, 0.29) is 5.91 Å². The van der Waals surface area contributed by atoms with Crippen molar-refractivity contribution < 1.29 is 4.79 Å². The van der Waals surface area contributed by atoms with Gasteiger partial charge in [-0.2, -0.15) is 0 Å². The summed E-state index contributed by atoms with van der Waals surface area (Å²) in [4.78, 5) is 18.1. The van der Waals surface area contributed by atoms with Crippen LogP contribution in [0.25, 0.3) is 0 Å². The smallest absolute Gasteiger partial charge is 0.239 e. The lowest BCUT2D eigenvalue weighted by molar-refractivity contribution is -0.117. The zero-order valence-electron chi connectivity index (χ0n) is 11.6. The number of hydrogen-bond donors (Lipinski definition) is 1. The third-order valence-corrected chi connectivity index (χ3v) is 3.60. The van der Waals surface area contributed by atoms with Gasteiger partial charge in [0, 0.05) is 19.3 Å². The minimum absolute atomic E-state index is 0.102. The van der Waals surface area contributed by atoms with E-state index in [1.807, 2.05) is 11.8 Å². The number of hydrogen-bond acceptors (Lipinski definition) is 5. The van der Waals surface area contributed by atoms with Gasteiger partial charge in [-0.05, 0) is 19.1 Å². The predicted molar refractivity (Wildman–Crippen MR) is 77.9 cm³/mol. The molecule has 0 aliphatic carbocycles. The first-order valence-corrected chi connectivity index (χ1v) is 7.02. The Bertz CT molecular complexity index is 653. The molecular formula is C13H15ClN6O. The molecule has 1 amide bonds. The van der Waals surface area contributed by atoms with Gasteiger partial charge in [-0.15, -0.1) is 10.2 Å². The van der Waals surface area contributed by atoms with Crippen LogP contribution in [0.3, 0.4) is 0 Å². The van der Waals surface area contributed by atoms with E-state index < -0.39 is 0 Å². The van der Waals surface area contributed by atoms with Crippen LogP contribution in [-0.2, 0) is 17.9 Å². The molecule has 1 aliphatic heterocycles. The number of nitrogens with one attached hydrogen (secondary N) is 1. The fourth-order valence-electron chi connectivity index (χ4n) is 2.32. The molecule has 0 bridgehead atoms. The first-order valence-electron chi connectivity index (χ1n) is 6.64. The van der Waals surface area contributed by atoms with Gasteiger partial charge in [0.1, 0.15) is 17.5 Å². The predicted octanol–water partition coefficient (Wildman–Crippen LogP) is 1.09. The highest BCUT2D eigenvalue weighted by Crippen LogP contribution is 2.12. The third-order valence-electron chi connectivity index (χ3n) is 3.38. The quantitative estimate of drug-likeness (QED) is 0.918. The summed E-state index contributed by atoms with van der Waals surface area (Å²) >= 11 is 5.76. The summed E-state index contributed by atoms with van der Waals surface area (Å²) in [7, 11) is 0. The molecule has 7 nitrogen and oxygen atoms in total. The van der Waals surface area contributed by atoms with Crippen LogP contribution in [0.15, 0.2) is 18.3 Å². The molecule has 0 spiro atoms. The zero-order chi connectivity index (χ0) is 14.8. The monoisotopic (exact) mass is 306 g/mol. The molecule has 2 aromatic rings. The Morgan fingerprint density at radius 3 is 3.00 bits per heavy atom. The van der Waals surface area contributed by atoms with E-state index in [0.717, 1.165) is 24.7 Å². The summed E-state index contributed by atoms with van der Waals surface area (Å²) in [6.45, 7) is 4.47. The van der Waals surface area contributed by atoms with Crippen molar-refractivity contribution in [3.8, 4) is 0 Å². The summed E-state index contributed by atoms with van der Waals surface area (Å²) in [6, 6.07) is 3.37. The van der Waals surface area contributed by atoms with Crippen LogP contribution in [0.5, 0.6) is 0 Å². The second-order valence-electron chi connectivity index (χ2n) is 4.94. The minimum Gasteiger partial charge on any atom is -0.313 e. The number of aromatic nitrogens is 4. The number of nitrogens with zero attached hydrogens (tertiary/aromatic N) is 5. The van der Waals surface area contributed by atoms with Gasteiger partial charge in [-0.1, -0.05) is 11.6 Å². The van der Waals surface area contributed by atoms with Crippen LogP contribution in [0.2, 0.25) is 5.02 Å². The van der Waals surface area contributed by atoms with Gasteiger partial charge < -0.3 is 9.88 Å². The Hall–Kier alpha value is -1.99. The van der Waals surface area contributed by atoms with Crippen molar-refractivity contribution in [1.29, 1.82) is 0 Å². The Morgan fingerprint density at radius 2 is 2.24 bits per heavy atom. The third kappa shape index (κ3) is 3.20. The average molecular weight is 307 g/mol. The van der Waals surface area contributed by atoms with E-state index in [1.54, 1.807) is 12.1 Å². The van der Waals surface area contributed by atoms with Crippen molar-refractivity contribution in [2.45, 2.75) is 20.0 Å². The molecule has 2 aromatic heterocycles. The molecular weight excluding hydrogens is 292 g/mol. The van der Waals surface area contributed by atoms with Crippen molar-refractivity contribution >= 4 is 23.3 Å². The lowest BCUT2D eigenvalue weighted by atomic mass is 10.3. The van der Waals surface area contributed by atoms with Crippen LogP contribution in [0, 0.1) is 6.92 Å². The Kier molecular flexibility index (Phi) is 3.85. The van der Waals surface area contributed by atoms with Gasteiger partial charge in [-0.25, -0.2) is 4.98 Å². The molecule has 1 N–H and O–H groups in total. The molecule has 0 atom stereocenters. The van der Waals surface area contributed by atoms with Crippen LogP contribution >= 0.6 is 11.6 Å². The number of carbonyl (C=O) groups is 1. The first-order chi connectivity index (χ1) is 10.1. The molecule has 3 heterocycles. The second kappa shape index (κ2) is 5.79. The Balaban J connectivity index is 1.57. The highest BCUT2D eigenvalue weighted by molar-refractivity contribution is 6.30.